The molecule has 4 rings (SSSR count). The highest BCUT2D eigenvalue weighted by atomic mass is 35.5. The van der Waals surface area contributed by atoms with Gasteiger partial charge >= 0.3 is 0 Å². The third-order valence-electron chi connectivity index (χ3n) is 6.82. The van der Waals surface area contributed by atoms with Gasteiger partial charge in [-0.2, -0.15) is 0 Å². The molecule has 2 N–H and O–H groups in total. The molecule has 214 valence electrons. The Morgan fingerprint density at radius 2 is 1.95 bits per heavy atom. The molecule has 13 heteroatoms. The third kappa shape index (κ3) is 7.81. The number of likely N-dealkylation sites (tertiary alicyclic amines) is 1. The van der Waals surface area contributed by atoms with Gasteiger partial charge in [-0.05, 0) is 69.0 Å². The molecule has 0 bridgehead atoms. The zero-order valence-corrected chi connectivity index (χ0v) is 23.8. The molecule has 2 aromatic carbocycles. The molecule has 0 unspecified atom stereocenters. The fourth-order valence-electron chi connectivity index (χ4n) is 4.40. The van der Waals surface area contributed by atoms with Crippen LogP contribution >= 0.6 is 23.4 Å². The van der Waals surface area contributed by atoms with Gasteiger partial charge < -0.3 is 10.1 Å². The number of hydrogen-bond acceptors (Lipinski definition) is 7. The highest BCUT2D eigenvalue weighted by Crippen LogP contribution is 2.32. The molecule has 0 radical (unpaired) electrons. The molecule has 2 atom stereocenters. The van der Waals surface area contributed by atoms with Crippen molar-refractivity contribution in [1.29, 1.82) is 0 Å². The van der Waals surface area contributed by atoms with E-state index in [4.69, 9.17) is 16.3 Å². The first-order chi connectivity index (χ1) is 18.4. The number of nitrogens with zero attached hydrogens (tertiary/aromatic N) is 1. The van der Waals surface area contributed by atoms with Gasteiger partial charge in [0.15, 0.2) is 0 Å². The number of hydrogen-bond donors (Lipinski definition) is 2. The number of halogens is 4. The molecule has 0 aromatic heterocycles. The zero-order valence-electron chi connectivity index (χ0n) is 21.4. The monoisotopic (exact) mass is 605 g/mol. The molecule has 1 amide bonds. The topological polar surface area (TPSA) is 87.7 Å². The number of benzene rings is 2. The lowest BCUT2D eigenvalue weighted by molar-refractivity contribution is -0.148. The Hall–Kier alpha value is -1.99. The number of sulfonamides is 1. The van der Waals surface area contributed by atoms with Gasteiger partial charge in [-0.3, -0.25) is 9.69 Å². The number of carbonyl (C=O) groups is 1. The molecule has 2 aliphatic heterocycles. The molecule has 0 saturated carbocycles. The van der Waals surface area contributed by atoms with Crippen molar-refractivity contribution in [1.82, 2.24) is 9.62 Å². The van der Waals surface area contributed by atoms with E-state index in [9.17, 15) is 22.0 Å². The predicted octanol–water partition coefficient (Wildman–Crippen LogP) is 5.00. The highest BCUT2D eigenvalue weighted by molar-refractivity contribution is 7.99. The minimum Gasteiger partial charge on any atom is -0.378 e. The fraction of sp³-hybridized carbons (Fsp3) is 0.500. The van der Waals surface area contributed by atoms with Gasteiger partial charge in [0.05, 0.1) is 15.6 Å². The Balaban J connectivity index is 1.47. The molecule has 2 aliphatic rings. The van der Waals surface area contributed by atoms with Crippen molar-refractivity contribution >= 4 is 45.0 Å². The van der Waals surface area contributed by atoms with Crippen molar-refractivity contribution in [2.75, 3.05) is 37.3 Å². The Bertz CT molecular complexity index is 1250. The fourth-order valence-corrected chi connectivity index (χ4v) is 6.81. The summed E-state index contributed by atoms with van der Waals surface area (Å²) < 4.78 is 75.0. The van der Waals surface area contributed by atoms with Gasteiger partial charge in [0.2, 0.25) is 0 Å². The summed E-state index contributed by atoms with van der Waals surface area (Å²) in [4.78, 5) is 14.9. The van der Waals surface area contributed by atoms with Gasteiger partial charge in [0.1, 0.15) is 23.4 Å². The highest BCUT2D eigenvalue weighted by Gasteiger charge is 2.38. The Morgan fingerprint density at radius 3 is 2.56 bits per heavy atom. The van der Waals surface area contributed by atoms with Crippen LogP contribution in [0.15, 0.2) is 46.2 Å². The van der Waals surface area contributed by atoms with Crippen molar-refractivity contribution in [3.8, 4) is 0 Å². The van der Waals surface area contributed by atoms with Crippen molar-refractivity contribution in [2.24, 2.45) is 0 Å². The van der Waals surface area contributed by atoms with E-state index in [0.29, 0.717) is 44.8 Å². The summed E-state index contributed by atoms with van der Waals surface area (Å²) in [5.41, 5.74) is -1.37. The van der Waals surface area contributed by atoms with Gasteiger partial charge in [-0.25, -0.2) is 26.3 Å². The second-order valence-corrected chi connectivity index (χ2v) is 13.2. The third-order valence-corrected chi connectivity index (χ3v) is 9.60. The Morgan fingerprint density at radius 1 is 1.23 bits per heavy atom. The number of thioether (sulfide) groups is 1. The van der Waals surface area contributed by atoms with E-state index in [-0.39, 0.29) is 22.6 Å². The van der Waals surface area contributed by atoms with Crippen LogP contribution < -0.4 is 10.0 Å². The van der Waals surface area contributed by atoms with E-state index in [1.54, 1.807) is 12.1 Å². The number of rotatable bonds is 11. The molecule has 7 nitrogen and oxygen atoms in total. The summed E-state index contributed by atoms with van der Waals surface area (Å²) >= 11 is 7.77. The minimum absolute atomic E-state index is 0.0822. The molecular formula is C26H31ClF3N3O4S2. The molecule has 2 aromatic rings. The molecule has 0 aliphatic carbocycles. The van der Waals surface area contributed by atoms with Crippen LogP contribution in [0.4, 0.5) is 18.9 Å². The van der Waals surface area contributed by atoms with Gasteiger partial charge in [-0.1, -0.05) is 11.6 Å². The summed E-state index contributed by atoms with van der Waals surface area (Å²) in [6, 6.07) is 7.54. The van der Waals surface area contributed by atoms with Crippen LogP contribution in [-0.2, 0) is 19.6 Å². The smallest absolute Gasteiger partial charge is 0.265 e. The largest absolute Gasteiger partial charge is 0.378 e. The molecule has 0 spiro atoms. The van der Waals surface area contributed by atoms with E-state index >= 15 is 4.39 Å². The van der Waals surface area contributed by atoms with Crippen LogP contribution in [0, 0.1) is 11.6 Å². The van der Waals surface area contributed by atoms with Crippen LogP contribution in [0.25, 0.3) is 0 Å². The first-order valence-corrected chi connectivity index (χ1v) is 15.5. The van der Waals surface area contributed by atoms with Gasteiger partial charge in [0.25, 0.3) is 15.9 Å². The lowest BCUT2D eigenvalue weighted by Gasteiger charge is -2.35. The number of ether oxygens (including phenoxy) is 1. The van der Waals surface area contributed by atoms with Crippen LogP contribution in [0.3, 0.4) is 0 Å². The zero-order chi connectivity index (χ0) is 28.2. The van der Waals surface area contributed by atoms with Crippen LogP contribution in [0.1, 0.15) is 32.6 Å². The lowest BCUT2D eigenvalue weighted by atomic mass is 9.95. The van der Waals surface area contributed by atoms with Crippen LogP contribution in [0.2, 0.25) is 5.02 Å². The standard InChI is InChI=1S/C26H31ClF3N3O4S2/c1-26(9-2-3-11-37-26)25(34)32-39(35,36)21-12-22(27)24(23(30)13-21)31-19(8-10-33-14-18(29)15-33)16-38-20-6-4-17(28)5-7-20/h4-7,12-13,18-19,31H,2-3,8-11,14-16H2,1H3,(H,32,34)/t19-,26-/m1/s1. The van der Waals surface area contributed by atoms with Gasteiger partial charge in [0, 0.05) is 42.9 Å². The van der Waals surface area contributed by atoms with Crippen molar-refractivity contribution < 1.29 is 31.1 Å². The average Bonchev–Trinajstić information content (AvgIpc) is 2.87. The van der Waals surface area contributed by atoms with E-state index in [0.717, 1.165) is 29.9 Å². The number of amides is 1. The molecule has 39 heavy (non-hydrogen) atoms. The molecule has 2 saturated heterocycles. The van der Waals surface area contributed by atoms with Crippen LogP contribution in [-0.4, -0.2) is 69.0 Å². The van der Waals surface area contributed by atoms with Crippen molar-refractivity contribution in [3.63, 3.8) is 0 Å². The number of anilines is 1. The molecule has 2 heterocycles. The Labute approximate surface area is 235 Å². The number of nitrogens with one attached hydrogen (secondary N) is 2. The summed E-state index contributed by atoms with van der Waals surface area (Å²) in [5.74, 6) is -1.61. The van der Waals surface area contributed by atoms with Crippen LogP contribution in [0.5, 0.6) is 0 Å². The molecular weight excluding hydrogens is 575 g/mol. The summed E-state index contributed by atoms with van der Waals surface area (Å²) in [5, 5.41) is 2.89. The summed E-state index contributed by atoms with van der Waals surface area (Å²) in [6.45, 7) is 3.12. The number of alkyl halides is 1. The minimum atomic E-state index is -4.42. The van der Waals surface area contributed by atoms with E-state index < -0.39 is 38.4 Å². The Kier molecular flexibility index (Phi) is 9.74. The maximum absolute atomic E-state index is 15.2. The second-order valence-electron chi connectivity index (χ2n) is 9.98. The predicted molar refractivity (Wildman–Crippen MR) is 145 cm³/mol. The summed E-state index contributed by atoms with van der Waals surface area (Å²) in [7, 11) is -4.42. The first-order valence-electron chi connectivity index (χ1n) is 12.7. The van der Waals surface area contributed by atoms with E-state index in [1.165, 1.54) is 30.8 Å². The second kappa shape index (κ2) is 12.7. The maximum atomic E-state index is 15.2. The lowest BCUT2D eigenvalue weighted by Crippen LogP contribution is -2.50. The summed E-state index contributed by atoms with van der Waals surface area (Å²) in [6.07, 6.45) is 1.55. The van der Waals surface area contributed by atoms with E-state index in [2.05, 4.69) is 5.32 Å². The number of carbonyl (C=O) groups excluding carboxylic acids is 1. The van der Waals surface area contributed by atoms with Crippen molar-refractivity contribution in [2.45, 2.75) is 60.2 Å². The van der Waals surface area contributed by atoms with E-state index in [1.807, 2.05) is 9.62 Å². The quantitative estimate of drug-likeness (QED) is 0.349. The van der Waals surface area contributed by atoms with Gasteiger partial charge in [-0.15, -0.1) is 11.8 Å². The normalized spacial score (nSPS) is 21.3. The molecule has 2 fully saturated rings. The first kappa shape index (κ1) is 30.0. The maximum Gasteiger partial charge on any atom is 0.265 e. The van der Waals surface area contributed by atoms with Crippen molar-refractivity contribution in [3.05, 3.63) is 53.1 Å². The SMILES string of the molecule is C[C@]1(C(=O)NS(=O)(=O)c2cc(F)c(N[C@H](CCN3CC(F)C3)CSc3ccc(F)cc3)c(Cl)c2)CCCCO1. The average molecular weight is 606 g/mol.